The third-order valence-corrected chi connectivity index (χ3v) is 3.87. The predicted octanol–water partition coefficient (Wildman–Crippen LogP) is 2.90. The smallest absolute Gasteiger partial charge is 0.260 e. The minimum atomic E-state index is -0.448. The van der Waals surface area contributed by atoms with Crippen LogP contribution >= 0.6 is 0 Å². The maximum absolute atomic E-state index is 12.9. The first kappa shape index (κ1) is 21.9. The highest BCUT2D eigenvalue weighted by atomic mass is 19.1. The van der Waals surface area contributed by atoms with Crippen molar-refractivity contribution in [3.63, 3.8) is 0 Å². The molecule has 2 amide bonds. The number of benzene rings is 2. The van der Waals surface area contributed by atoms with E-state index in [9.17, 15) is 18.8 Å². The van der Waals surface area contributed by atoms with Gasteiger partial charge in [-0.05, 0) is 42.8 Å². The van der Waals surface area contributed by atoms with Gasteiger partial charge in [-0.2, -0.15) is 0 Å². The molecule has 0 unspecified atom stereocenters. The normalized spacial score (nSPS) is 10.2. The van der Waals surface area contributed by atoms with Crippen LogP contribution in [0.3, 0.4) is 0 Å². The van der Waals surface area contributed by atoms with Gasteiger partial charge >= 0.3 is 0 Å². The quantitative estimate of drug-likeness (QED) is 0.618. The van der Waals surface area contributed by atoms with E-state index in [1.54, 1.807) is 18.2 Å². The zero-order valence-electron chi connectivity index (χ0n) is 16.3. The average molecular weight is 402 g/mol. The number of hydrogen-bond acceptors (Lipinski definition) is 5. The predicted molar refractivity (Wildman–Crippen MR) is 106 cm³/mol. The van der Waals surface area contributed by atoms with Crippen LogP contribution in [0.4, 0.5) is 10.1 Å². The minimum absolute atomic E-state index is 0.209. The molecule has 0 saturated carbocycles. The largest absolute Gasteiger partial charge is 0.493 e. The molecule has 0 aliphatic carbocycles. The van der Waals surface area contributed by atoms with Gasteiger partial charge in [0.1, 0.15) is 17.3 Å². The molecule has 154 valence electrons. The summed E-state index contributed by atoms with van der Waals surface area (Å²) in [6.45, 7) is 1.93. The van der Waals surface area contributed by atoms with E-state index in [-0.39, 0.29) is 18.9 Å². The topological polar surface area (TPSA) is 84.9 Å². The van der Waals surface area contributed by atoms with Crippen LogP contribution in [0.2, 0.25) is 0 Å². The van der Waals surface area contributed by atoms with Crippen LogP contribution in [-0.4, -0.2) is 49.8 Å². The Labute approximate surface area is 168 Å². The third-order valence-electron chi connectivity index (χ3n) is 3.87. The Morgan fingerprint density at radius 3 is 2.52 bits per heavy atom. The zero-order chi connectivity index (χ0) is 21.2. The number of nitrogens with zero attached hydrogens (tertiary/aromatic N) is 1. The van der Waals surface area contributed by atoms with Gasteiger partial charge in [0.15, 0.2) is 12.9 Å². The summed E-state index contributed by atoms with van der Waals surface area (Å²) in [6, 6.07) is 10.0. The van der Waals surface area contributed by atoms with E-state index in [0.29, 0.717) is 29.9 Å². The molecule has 0 saturated heterocycles. The molecule has 7 nitrogen and oxygen atoms in total. The Hall–Kier alpha value is -3.42. The summed E-state index contributed by atoms with van der Waals surface area (Å²) in [5.74, 6) is -0.531. The Balaban J connectivity index is 1.89. The zero-order valence-corrected chi connectivity index (χ0v) is 16.3. The second-order valence-electron chi connectivity index (χ2n) is 6.26. The number of ether oxygens (including phenoxy) is 2. The molecule has 0 aromatic heterocycles. The van der Waals surface area contributed by atoms with Crippen molar-refractivity contribution in [2.45, 2.75) is 13.3 Å². The number of amides is 2. The molecule has 0 radical (unpaired) electrons. The van der Waals surface area contributed by atoms with Crippen molar-refractivity contribution in [1.29, 1.82) is 0 Å². The summed E-state index contributed by atoms with van der Waals surface area (Å²) < 4.78 is 23.9. The van der Waals surface area contributed by atoms with Crippen molar-refractivity contribution in [3.05, 3.63) is 53.8 Å². The molecule has 1 N–H and O–H groups in total. The highest BCUT2D eigenvalue weighted by molar-refractivity contribution is 5.94. The van der Waals surface area contributed by atoms with Gasteiger partial charge in [-0.25, -0.2) is 4.39 Å². The molecule has 0 bridgehead atoms. The molecule has 0 heterocycles. The Kier molecular flexibility index (Phi) is 8.14. The van der Waals surface area contributed by atoms with Crippen LogP contribution in [0.15, 0.2) is 42.5 Å². The number of nitrogens with one attached hydrogen (secondary N) is 1. The van der Waals surface area contributed by atoms with Crippen LogP contribution < -0.4 is 14.8 Å². The molecule has 29 heavy (non-hydrogen) atoms. The lowest BCUT2D eigenvalue weighted by atomic mass is 10.2. The van der Waals surface area contributed by atoms with Gasteiger partial charge in [-0.3, -0.25) is 14.4 Å². The van der Waals surface area contributed by atoms with E-state index in [4.69, 9.17) is 9.47 Å². The summed E-state index contributed by atoms with van der Waals surface area (Å²) in [5, 5.41) is 2.57. The van der Waals surface area contributed by atoms with Crippen LogP contribution in [0.25, 0.3) is 0 Å². The van der Waals surface area contributed by atoms with Gasteiger partial charge < -0.3 is 19.7 Å². The first-order valence-corrected chi connectivity index (χ1v) is 9.07. The van der Waals surface area contributed by atoms with Crippen LogP contribution in [0.1, 0.15) is 23.7 Å². The Morgan fingerprint density at radius 2 is 1.86 bits per heavy atom. The summed E-state index contributed by atoms with van der Waals surface area (Å²) in [7, 11) is 1.46. The summed E-state index contributed by atoms with van der Waals surface area (Å²) in [5.41, 5.74) is 0.714. The number of carbonyl (C=O) groups excluding carboxylic acids is 3. The number of halogens is 1. The molecule has 2 rings (SSSR count). The Morgan fingerprint density at radius 1 is 1.14 bits per heavy atom. The van der Waals surface area contributed by atoms with E-state index < -0.39 is 17.6 Å². The lowest BCUT2D eigenvalue weighted by Gasteiger charge is -2.18. The summed E-state index contributed by atoms with van der Waals surface area (Å²) in [4.78, 5) is 36.7. The molecule has 0 aliphatic rings. The fourth-order valence-corrected chi connectivity index (χ4v) is 2.33. The fraction of sp³-hybridized carbons (Fsp3) is 0.286. The number of carbonyl (C=O) groups is 3. The van der Waals surface area contributed by atoms with Gasteiger partial charge in [-0.15, -0.1) is 0 Å². The third kappa shape index (κ3) is 6.91. The molecular weight excluding hydrogens is 379 g/mol. The van der Waals surface area contributed by atoms with Crippen molar-refractivity contribution in [2.24, 2.45) is 0 Å². The number of hydrogen-bond donors (Lipinski definition) is 1. The second kappa shape index (κ2) is 10.8. The number of aldehydes is 1. The van der Waals surface area contributed by atoms with Crippen LogP contribution in [0, 0.1) is 5.82 Å². The molecule has 0 aliphatic heterocycles. The monoisotopic (exact) mass is 402 g/mol. The van der Waals surface area contributed by atoms with Crippen LogP contribution in [0.5, 0.6) is 11.5 Å². The first-order chi connectivity index (χ1) is 13.9. The van der Waals surface area contributed by atoms with Crippen molar-refractivity contribution >= 4 is 23.8 Å². The standard InChI is InChI=1S/C21H23FN2O5/c1-3-10-28-18-9-4-15(13-25)19(11-18)29-14-21(27)24(2)12-20(26)23-17-7-5-16(22)6-8-17/h4-9,11,13H,3,10,12,14H2,1-2H3,(H,23,26). The molecule has 0 atom stereocenters. The molecule has 0 spiro atoms. The Bertz CT molecular complexity index is 855. The van der Waals surface area contributed by atoms with Gasteiger partial charge in [0.25, 0.3) is 5.91 Å². The van der Waals surface area contributed by atoms with Gasteiger partial charge in [-0.1, -0.05) is 6.92 Å². The van der Waals surface area contributed by atoms with Crippen molar-refractivity contribution in [3.8, 4) is 11.5 Å². The van der Waals surface area contributed by atoms with Crippen LogP contribution in [-0.2, 0) is 9.59 Å². The molecule has 2 aromatic carbocycles. The van der Waals surface area contributed by atoms with Crippen molar-refractivity contribution < 1.29 is 28.2 Å². The second-order valence-corrected chi connectivity index (χ2v) is 6.26. The van der Waals surface area contributed by atoms with Crippen molar-refractivity contribution in [1.82, 2.24) is 4.90 Å². The van der Waals surface area contributed by atoms with E-state index in [1.165, 1.54) is 36.2 Å². The fourth-order valence-electron chi connectivity index (χ4n) is 2.33. The lowest BCUT2D eigenvalue weighted by Crippen LogP contribution is -2.37. The maximum atomic E-state index is 12.9. The minimum Gasteiger partial charge on any atom is -0.493 e. The number of rotatable bonds is 10. The maximum Gasteiger partial charge on any atom is 0.260 e. The highest BCUT2D eigenvalue weighted by Gasteiger charge is 2.15. The van der Waals surface area contributed by atoms with Gasteiger partial charge in [0.05, 0.1) is 18.7 Å². The average Bonchev–Trinajstić information content (AvgIpc) is 2.72. The SMILES string of the molecule is CCCOc1ccc(C=O)c(OCC(=O)N(C)CC(=O)Nc2ccc(F)cc2)c1. The van der Waals surface area contributed by atoms with Gasteiger partial charge in [0.2, 0.25) is 5.91 Å². The van der Waals surface area contributed by atoms with Crippen molar-refractivity contribution in [2.75, 3.05) is 32.1 Å². The first-order valence-electron chi connectivity index (χ1n) is 9.07. The number of likely N-dealkylation sites (N-methyl/N-ethyl adjacent to an activating group) is 1. The molecular formula is C21H23FN2O5. The number of anilines is 1. The summed E-state index contributed by atoms with van der Waals surface area (Å²) in [6.07, 6.45) is 1.46. The molecule has 2 aromatic rings. The van der Waals surface area contributed by atoms with E-state index in [2.05, 4.69) is 5.32 Å². The van der Waals surface area contributed by atoms with E-state index in [0.717, 1.165) is 6.42 Å². The summed E-state index contributed by atoms with van der Waals surface area (Å²) >= 11 is 0. The van der Waals surface area contributed by atoms with E-state index >= 15 is 0 Å². The van der Waals surface area contributed by atoms with Gasteiger partial charge in [0, 0.05) is 18.8 Å². The molecule has 8 heteroatoms. The highest BCUT2D eigenvalue weighted by Crippen LogP contribution is 2.24. The lowest BCUT2D eigenvalue weighted by molar-refractivity contribution is -0.135. The van der Waals surface area contributed by atoms with E-state index in [1.807, 2.05) is 6.92 Å². The molecule has 0 fully saturated rings.